The molecular weight excluding hydrogens is 460 g/mol. The first kappa shape index (κ1) is 30.3. The summed E-state index contributed by atoms with van der Waals surface area (Å²) in [6, 6.07) is 8.79. The van der Waals surface area contributed by atoms with Gasteiger partial charge in [-0.3, -0.25) is 0 Å². The molecule has 0 bridgehead atoms. The van der Waals surface area contributed by atoms with Gasteiger partial charge >= 0.3 is 0 Å². The van der Waals surface area contributed by atoms with E-state index in [-0.39, 0.29) is 18.4 Å². The van der Waals surface area contributed by atoms with Gasteiger partial charge in [0.2, 0.25) is 0 Å². The number of benzene rings is 1. The van der Waals surface area contributed by atoms with Crippen LogP contribution in [-0.4, -0.2) is 47.8 Å². The molecule has 5 nitrogen and oxygen atoms in total. The van der Waals surface area contributed by atoms with E-state index in [1.807, 2.05) is 6.07 Å². The molecule has 0 aromatic heterocycles. The number of unbranched alkanes of at least 4 members (excludes halogenated alkanes) is 11. The lowest BCUT2D eigenvalue weighted by Gasteiger charge is -2.46. The molecule has 0 radical (unpaired) electrons. The minimum atomic E-state index is -3.57. The monoisotopic (exact) mass is 510 g/mol. The highest BCUT2D eigenvalue weighted by Gasteiger charge is 2.52. The van der Waals surface area contributed by atoms with Gasteiger partial charge in [-0.15, -0.1) is 0 Å². The Balaban J connectivity index is 1.88. The van der Waals surface area contributed by atoms with Crippen molar-refractivity contribution in [3.8, 4) is 0 Å². The molecule has 1 aliphatic rings. The van der Waals surface area contributed by atoms with Crippen LogP contribution in [0.5, 0.6) is 0 Å². The smallest absolute Gasteiger partial charge is 0.184 e. The van der Waals surface area contributed by atoms with Gasteiger partial charge in [0, 0.05) is 6.61 Å². The first-order valence-corrected chi connectivity index (χ1v) is 15.6. The topological polar surface area (TPSA) is 94.8 Å². The van der Waals surface area contributed by atoms with E-state index in [0.29, 0.717) is 24.3 Å². The van der Waals surface area contributed by atoms with Crippen molar-refractivity contribution in [1.82, 2.24) is 0 Å². The molecule has 1 aliphatic carbocycles. The fourth-order valence-electron chi connectivity index (χ4n) is 5.95. The van der Waals surface area contributed by atoms with E-state index in [1.54, 1.807) is 24.3 Å². The van der Waals surface area contributed by atoms with E-state index in [9.17, 15) is 18.6 Å². The molecule has 1 aromatic carbocycles. The van der Waals surface area contributed by atoms with E-state index in [4.69, 9.17) is 5.11 Å². The van der Waals surface area contributed by atoms with E-state index in [2.05, 4.69) is 6.92 Å². The highest BCUT2D eigenvalue weighted by atomic mass is 32.2. The van der Waals surface area contributed by atoms with Gasteiger partial charge in [0.1, 0.15) is 0 Å². The van der Waals surface area contributed by atoms with Gasteiger partial charge in [0.05, 0.1) is 22.4 Å². The van der Waals surface area contributed by atoms with Crippen molar-refractivity contribution in [2.75, 3.05) is 13.2 Å². The maximum absolute atomic E-state index is 14.0. The van der Waals surface area contributed by atoms with Crippen LogP contribution < -0.4 is 0 Å². The third-order valence-corrected chi connectivity index (χ3v) is 11.0. The van der Waals surface area contributed by atoms with Crippen molar-refractivity contribution in [2.45, 2.75) is 125 Å². The molecule has 1 fully saturated rings. The van der Waals surface area contributed by atoms with Crippen LogP contribution in [0, 0.1) is 11.8 Å². The van der Waals surface area contributed by atoms with Gasteiger partial charge < -0.3 is 15.3 Å². The number of hydrogen-bond donors (Lipinski definition) is 3. The molecule has 1 saturated carbocycles. The summed E-state index contributed by atoms with van der Waals surface area (Å²) in [5.74, 6) is -0.162. The zero-order valence-corrected chi connectivity index (χ0v) is 22.7. The van der Waals surface area contributed by atoms with Gasteiger partial charge in [-0.25, -0.2) is 8.42 Å². The van der Waals surface area contributed by atoms with Crippen LogP contribution in [0.15, 0.2) is 35.2 Å². The Morgan fingerprint density at radius 1 is 0.829 bits per heavy atom. The Bertz CT molecular complexity index is 782. The van der Waals surface area contributed by atoms with Crippen molar-refractivity contribution >= 4 is 9.84 Å². The second-order valence-electron chi connectivity index (χ2n) is 10.8. The molecule has 2 rings (SSSR count). The standard InChI is InChI=1S/C29H50O5S/c1-25-19-20-26(28(32)24-31)23-29(25,35(33,34)27-17-13-12-14-18-27)21-15-10-8-6-4-2-3-5-7-9-11-16-22-30/h12-14,17-18,25-26,28,30-32H,2-11,15-16,19-24H2,1H3. The molecule has 3 N–H and O–H groups in total. The van der Waals surface area contributed by atoms with Crippen molar-refractivity contribution in [1.29, 1.82) is 0 Å². The summed E-state index contributed by atoms with van der Waals surface area (Å²) in [5, 5.41) is 28.7. The molecule has 0 spiro atoms. The largest absolute Gasteiger partial charge is 0.396 e. The summed E-state index contributed by atoms with van der Waals surface area (Å²) in [6.07, 6.45) is 15.6. The lowest BCUT2D eigenvalue weighted by molar-refractivity contribution is 0.0159. The number of aliphatic hydroxyl groups is 3. The summed E-state index contributed by atoms with van der Waals surface area (Å²) in [4.78, 5) is 0.377. The molecule has 6 heteroatoms. The summed E-state index contributed by atoms with van der Waals surface area (Å²) >= 11 is 0. The molecule has 202 valence electrons. The quantitative estimate of drug-likeness (QED) is 0.209. The average Bonchev–Trinajstić information content (AvgIpc) is 2.87. The van der Waals surface area contributed by atoms with E-state index in [1.165, 1.54) is 44.9 Å². The Labute approximate surface area is 214 Å². The van der Waals surface area contributed by atoms with Crippen LogP contribution in [0.2, 0.25) is 0 Å². The van der Waals surface area contributed by atoms with Crippen molar-refractivity contribution in [2.24, 2.45) is 11.8 Å². The second kappa shape index (κ2) is 16.0. The third-order valence-electron chi connectivity index (χ3n) is 8.30. The maximum Gasteiger partial charge on any atom is 0.184 e. The van der Waals surface area contributed by atoms with Crippen LogP contribution in [0.3, 0.4) is 0 Å². The van der Waals surface area contributed by atoms with Gasteiger partial charge in [0.25, 0.3) is 0 Å². The van der Waals surface area contributed by atoms with Gasteiger partial charge in [-0.1, -0.05) is 95.8 Å². The summed E-state index contributed by atoms with van der Waals surface area (Å²) in [5.41, 5.74) is 0. The van der Waals surface area contributed by atoms with Gasteiger partial charge in [-0.2, -0.15) is 0 Å². The van der Waals surface area contributed by atoms with E-state index >= 15 is 0 Å². The summed E-state index contributed by atoms with van der Waals surface area (Å²) in [6.45, 7) is 2.05. The maximum atomic E-state index is 14.0. The Morgan fingerprint density at radius 2 is 1.34 bits per heavy atom. The van der Waals surface area contributed by atoms with E-state index < -0.39 is 20.7 Å². The van der Waals surface area contributed by atoms with Crippen LogP contribution in [-0.2, 0) is 9.84 Å². The minimum absolute atomic E-state index is 0.0206. The van der Waals surface area contributed by atoms with E-state index in [0.717, 1.165) is 44.9 Å². The minimum Gasteiger partial charge on any atom is -0.396 e. The summed E-state index contributed by atoms with van der Waals surface area (Å²) < 4.78 is 27.1. The zero-order chi connectivity index (χ0) is 25.6. The molecule has 4 atom stereocenters. The average molecular weight is 511 g/mol. The highest BCUT2D eigenvalue weighted by molar-refractivity contribution is 7.92. The SMILES string of the molecule is CC1CCC(C(O)CO)CC1(CCCCCCCCCCCCCCO)S(=O)(=O)c1ccccc1. The fraction of sp³-hybridized carbons (Fsp3) is 0.793. The molecule has 4 unspecified atom stereocenters. The molecule has 1 aromatic rings. The number of hydrogen-bond acceptors (Lipinski definition) is 5. The van der Waals surface area contributed by atoms with Crippen molar-refractivity contribution < 1.29 is 23.7 Å². The zero-order valence-electron chi connectivity index (χ0n) is 21.9. The van der Waals surface area contributed by atoms with Crippen LogP contribution in [0.25, 0.3) is 0 Å². The van der Waals surface area contributed by atoms with Crippen molar-refractivity contribution in [3.63, 3.8) is 0 Å². The fourth-order valence-corrected chi connectivity index (χ4v) is 8.43. The van der Waals surface area contributed by atoms with Gasteiger partial charge in [0.15, 0.2) is 9.84 Å². The summed E-state index contributed by atoms with van der Waals surface area (Å²) in [7, 11) is -3.57. The molecule has 0 saturated heterocycles. The number of aliphatic hydroxyl groups excluding tert-OH is 3. The normalized spacial score (nSPS) is 23.9. The van der Waals surface area contributed by atoms with Crippen LogP contribution in [0.1, 0.15) is 110 Å². The lowest BCUT2D eigenvalue weighted by Crippen LogP contribution is -2.51. The highest BCUT2D eigenvalue weighted by Crippen LogP contribution is 2.49. The predicted molar refractivity (Wildman–Crippen MR) is 143 cm³/mol. The third kappa shape index (κ3) is 8.84. The second-order valence-corrected chi connectivity index (χ2v) is 13.1. The molecule has 35 heavy (non-hydrogen) atoms. The molecule has 0 heterocycles. The number of sulfone groups is 1. The first-order valence-electron chi connectivity index (χ1n) is 14.1. The lowest BCUT2D eigenvalue weighted by atomic mass is 9.70. The van der Waals surface area contributed by atoms with Crippen molar-refractivity contribution in [3.05, 3.63) is 30.3 Å². The predicted octanol–water partition coefficient (Wildman–Crippen LogP) is 6.05. The van der Waals surface area contributed by atoms with Gasteiger partial charge in [-0.05, 0) is 56.1 Å². The Hall–Kier alpha value is -0.950. The Morgan fingerprint density at radius 3 is 1.86 bits per heavy atom. The molecule has 0 aliphatic heterocycles. The Kier molecular flexibility index (Phi) is 13.8. The van der Waals surface area contributed by atoms with Crippen LogP contribution in [0.4, 0.5) is 0 Å². The molecule has 0 amide bonds. The number of rotatable bonds is 18. The van der Waals surface area contributed by atoms with Crippen LogP contribution >= 0.6 is 0 Å². The first-order chi connectivity index (χ1) is 16.9. The molecular formula is C29H50O5S.